The Balaban J connectivity index is 0.00000155. The van der Waals surface area contributed by atoms with Gasteiger partial charge in [-0.05, 0) is 54.7 Å². The molecule has 0 saturated carbocycles. The topological polar surface area (TPSA) is 40.5 Å². The van der Waals surface area contributed by atoms with Crippen LogP contribution in [0.1, 0.15) is 27.8 Å². The largest absolute Gasteiger partial charge is 0.507 e. The minimum absolute atomic E-state index is 0. The van der Waals surface area contributed by atoms with Crippen molar-refractivity contribution in [3.8, 4) is 5.75 Å². The van der Waals surface area contributed by atoms with Crippen LogP contribution >= 0.6 is 0 Å². The predicted molar refractivity (Wildman–Crippen MR) is 80.0 cm³/mol. The van der Waals surface area contributed by atoms with E-state index in [1.165, 1.54) is 6.07 Å². The molecule has 6 heteroatoms. The van der Waals surface area contributed by atoms with Crippen molar-refractivity contribution in [2.75, 3.05) is 7.11 Å². The van der Waals surface area contributed by atoms with Gasteiger partial charge >= 0.3 is 6.18 Å². The maximum absolute atomic E-state index is 12.7. The van der Waals surface area contributed by atoms with E-state index in [1.54, 1.807) is 0 Å². The van der Waals surface area contributed by atoms with E-state index in [0.29, 0.717) is 12.0 Å². The summed E-state index contributed by atoms with van der Waals surface area (Å²) in [6, 6.07) is 9.44. The number of phenolic OH excluding ortho intramolecular Hbond substituents is 1. The Kier molecular flexibility index (Phi) is 9.03. The summed E-state index contributed by atoms with van der Waals surface area (Å²) in [4.78, 5) is 0. The summed E-state index contributed by atoms with van der Waals surface area (Å²) in [6.07, 6.45) is -4.13. The van der Waals surface area contributed by atoms with E-state index in [9.17, 15) is 18.3 Å². The van der Waals surface area contributed by atoms with Gasteiger partial charge in [0.05, 0.1) is 5.56 Å². The van der Waals surface area contributed by atoms with E-state index < -0.39 is 17.5 Å². The maximum Gasteiger partial charge on any atom is 0.419 e. The number of aliphatic hydroxyl groups excluding tert-OH is 1. The van der Waals surface area contributed by atoms with Crippen molar-refractivity contribution in [3.05, 3.63) is 64.2 Å². The van der Waals surface area contributed by atoms with Gasteiger partial charge in [-0.25, -0.2) is 0 Å². The van der Waals surface area contributed by atoms with E-state index >= 15 is 0 Å². The molecule has 0 aliphatic rings. The van der Waals surface area contributed by atoms with Gasteiger partial charge in [0.25, 0.3) is 0 Å². The molecule has 123 valence electrons. The normalized spacial score (nSPS) is 10.4. The zero-order valence-electron chi connectivity index (χ0n) is 13.3. The van der Waals surface area contributed by atoms with Gasteiger partial charge in [-0.3, -0.25) is 0 Å². The van der Waals surface area contributed by atoms with Crippen LogP contribution in [-0.4, -0.2) is 17.3 Å². The Bertz CT molecular complexity index is 640. The third-order valence-electron chi connectivity index (χ3n) is 3.35. The molecule has 1 radical (unpaired) electrons. The third kappa shape index (κ3) is 6.24. The standard InChI is InChI=1S/C16H15F3O.CH4O.Y/c1-10-3-4-12(7-11(10)2)8-13-5-6-15(20)14(9-13)16(17,18)19;1-2;/h3-7,9,20H,8H2,1-2H3;2H,1H3;. The Morgan fingerprint density at radius 2 is 1.39 bits per heavy atom. The number of benzene rings is 2. The fourth-order valence-electron chi connectivity index (χ4n) is 2.07. The second-order valence-electron chi connectivity index (χ2n) is 4.94. The Morgan fingerprint density at radius 1 is 0.870 bits per heavy atom. The summed E-state index contributed by atoms with van der Waals surface area (Å²) >= 11 is 0. The van der Waals surface area contributed by atoms with Crippen molar-refractivity contribution >= 4 is 0 Å². The predicted octanol–water partition coefficient (Wildman–Crippen LogP) is 4.22. The minimum Gasteiger partial charge on any atom is -0.507 e. The van der Waals surface area contributed by atoms with Gasteiger partial charge in [0.15, 0.2) is 0 Å². The maximum atomic E-state index is 12.7. The first-order chi connectivity index (χ1) is 10.3. The molecule has 2 aromatic carbocycles. The van der Waals surface area contributed by atoms with Crippen molar-refractivity contribution in [1.29, 1.82) is 0 Å². The van der Waals surface area contributed by atoms with Gasteiger partial charge in [0.2, 0.25) is 0 Å². The molecule has 0 aromatic heterocycles. The fourth-order valence-corrected chi connectivity index (χ4v) is 2.07. The number of phenols is 1. The van der Waals surface area contributed by atoms with Crippen molar-refractivity contribution < 1.29 is 56.1 Å². The molecule has 2 aromatic rings. The van der Waals surface area contributed by atoms with Crippen LogP contribution in [0, 0.1) is 13.8 Å². The number of rotatable bonds is 2. The van der Waals surface area contributed by atoms with Gasteiger partial charge in [0, 0.05) is 39.8 Å². The number of aliphatic hydroxyl groups is 1. The molecule has 0 saturated heterocycles. The van der Waals surface area contributed by atoms with Gasteiger partial charge in [-0.15, -0.1) is 0 Å². The molecule has 0 aliphatic heterocycles. The number of aryl methyl sites for hydroxylation is 2. The summed E-state index contributed by atoms with van der Waals surface area (Å²) in [5, 5.41) is 16.3. The SMILES string of the molecule is CO.Cc1ccc(Cc2ccc(O)c(C(F)(F)F)c2)cc1C.[Y]. The van der Waals surface area contributed by atoms with Crippen molar-refractivity contribution in [1.82, 2.24) is 0 Å². The second-order valence-corrected chi connectivity index (χ2v) is 4.94. The van der Waals surface area contributed by atoms with E-state index in [2.05, 4.69) is 0 Å². The number of alkyl halides is 3. The first kappa shape index (κ1) is 22.1. The molecule has 0 fully saturated rings. The van der Waals surface area contributed by atoms with Crippen LogP contribution in [0.2, 0.25) is 0 Å². The van der Waals surface area contributed by atoms with E-state index in [1.807, 2.05) is 32.0 Å². The van der Waals surface area contributed by atoms with E-state index in [-0.39, 0.29) is 32.7 Å². The third-order valence-corrected chi connectivity index (χ3v) is 3.35. The Hall–Kier alpha value is -0.906. The summed E-state index contributed by atoms with van der Waals surface area (Å²) in [7, 11) is 1.00. The van der Waals surface area contributed by atoms with Gasteiger partial charge in [-0.2, -0.15) is 13.2 Å². The molecule has 2 nitrogen and oxygen atoms in total. The Labute approximate surface area is 159 Å². The fraction of sp³-hybridized carbons (Fsp3) is 0.294. The van der Waals surface area contributed by atoms with Crippen LogP contribution in [0.5, 0.6) is 5.75 Å². The van der Waals surface area contributed by atoms with Crippen molar-refractivity contribution in [2.24, 2.45) is 0 Å². The van der Waals surface area contributed by atoms with E-state index in [0.717, 1.165) is 35.9 Å². The smallest absolute Gasteiger partial charge is 0.419 e. The first-order valence-corrected chi connectivity index (χ1v) is 6.67. The first-order valence-electron chi connectivity index (χ1n) is 6.67. The average Bonchev–Trinajstić information content (AvgIpc) is 2.46. The molecule has 23 heavy (non-hydrogen) atoms. The quantitative estimate of drug-likeness (QED) is 0.791. The molecule has 0 bridgehead atoms. The molecule has 0 aliphatic carbocycles. The molecule has 2 rings (SSSR count). The number of hydrogen-bond donors (Lipinski definition) is 2. The number of halogens is 3. The van der Waals surface area contributed by atoms with Crippen LogP contribution in [0.25, 0.3) is 0 Å². The summed E-state index contributed by atoms with van der Waals surface area (Å²) in [5.41, 5.74) is 2.75. The average molecular weight is 401 g/mol. The van der Waals surface area contributed by atoms with Crippen LogP contribution in [0.4, 0.5) is 13.2 Å². The number of aromatic hydroxyl groups is 1. The minimum atomic E-state index is -4.54. The van der Waals surface area contributed by atoms with Gasteiger partial charge in [0.1, 0.15) is 5.75 Å². The molecular weight excluding hydrogens is 382 g/mol. The Morgan fingerprint density at radius 3 is 1.91 bits per heavy atom. The van der Waals surface area contributed by atoms with Crippen LogP contribution in [0.15, 0.2) is 36.4 Å². The van der Waals surface area contributed by atoms with Crippen LogP contribution in [0.3, 0.4) is 0 Å². The molecular formula is C17H19F3O2Y. The van der Waals surface area contributed by atoms with Gasteiger partial charge < -0.3 is 10.2 Å². The molecule has 0 amide bonds. The summed E-state index contributed by atoms with van der Waals surface area (Å²) in [6.45, 7) is 3.96. The second kappa shape index (κ2) is 9.40. The molecule has 0 heterocycles. The molecule has 0 atom stereocenters. The summed E-state index contributed by atoms with van der Waals surface area (Å²) in [5.74, 6) is -0.735. The monoisotopic (exact) mass is 401 g/mol. The number of hydrogen-bond acceptors (Lipinski definition) is 2. The summed E-state index contributed by atoms with van der Waals surface area (Å²) < 4.78 is 38.2. The molecule has 2 N–H and O–H groups in total. The van der Waals surface area contributed by atoms with Gasteiger partial charge in [-0.1, -0.05) is 24.3 Å². The molecule has 0 spiro atoms. The van der Waals surface area contributed by atoms with Crippen molar-refractivity contribution in [2.45, 2.75) is 26.4 Å². The van der Waals surface area contributed by atoms with E-state index in [4.69, 9.17) is 5.11 Å². The van der Waals surface area contributed by atoms with Crippen LogP contribution in [-0.2, 0) is 45.3 Å². The zero-order valence-corrected chi connectivity index (χ0v) is 16.1. The zero-order chi connectivity index (χ0) is 16.9. The van der Waals surface area contributed by atoms with Crippen LogP contribution < -0.4 is 0 Å². The molecule has 0 unspecified atom stereocenters. The van der Waals surface area contributed by atoms with Crippen molar-refractivity contribution in [3.63, 3.8) is 0 Å².